The van der Waals surface area contributed by atoms with Crippen LogP contribution in [0, 0.1) is 6.92 Å². The van der Waals surface area contributed by atoms with Gasteiger partial charge in [0, 0.05) is 19.5 Å². The highest BCUT2D eigenvalue weighted by atomic mass is 127. The molecular weight excluding hydrogens is 445 g/mol. The molecule has 1 unspecified atom stereocenters. The van der Waals surface area contributed by atoms with Gasteiger partial charge in [-0.1, -0.05) is 12.1 Å². The summed E-state index contributed by atoms with van der Waals surface area (Å²) < 4.78 is 10.5. The van der Waals surface area contributed by atoms with Crippen LogP contribution in [0.1, 0.15) is 38.7 Å². The maximum absolute atomic E-state index is 11.1. The second-order valence-corrected chi connectivity index (χ2v) is 5.92. The molecule has 0 radical (unpaired) electrons. The summed E-state index contributed by atoms with van der Waals surface area (Å²) in [6.45, 7) is 8.19. The zero-order valence-corrected chi connectivity index (χ0v) is 18.5. The van der Waals surface area contributed by atoms with Gasteiger partial charge in [0.05, 0.1) is 13.7 Å². The molecule has 1 aromatic rings. The summed E-state index contributed by atoms with van der Waals surface area (Å²) >= 11 is 0. The summed E-state index contributed by atoms with van der Waals surface area (Å²) in [5.74, 6) is 1.46. The van der Waals surface area contributed by atoms with E-state index in [-0.39, 0.29) is 36.0 Å². The summed E-state index contributed by atoms with van der Waals surface area (Å²) in [6, 6.07) is 8.01. The Hall–Kier alpha value is -1.51. The van der Waals surface area contributed by atoms with E-state index in [1.807, 2.05) is 45.0 Å². The smallest absolute Gasteiger partial charge is 0.305 e. The third-order valence-corrected chi connectivity index (χ3v) is 3.51. The number of aryl methyl sites for hydroxylation is 1. The lowest BCUT2D eigenvalue weighted by molar-refractivity contribution is -0.140. The normalized spacial score (nSPS) is 11.9. The maximum atomic E-state index is 11.1. The van der Waals surface area contributed by atoms with Crippen molar-refractivity contribution in [3.05, 3.63) is 29.8 Å². The zero-order valence-electron chi connectivity index (χ0n) is 16.2. The first-order valence-corrected chi connectivity index (χ1v) is 8.87. The van der Waals surface area contributed by atoms with E-state index >= 15 is 0 Å². The zero-order chi connectivity index (χ0) is 18.5. The molecule has 0 aromatic heterocycles. The molecule has 6 nitrogen and oxygen atoms in total. The number of hydrogen-bond acceptors (Lipinski definition) is 4. The van der Waals surface area contributed by atoms with Crippen LogP contribution in [-0.2, 0) is 9.53 Å². The van der Waals surface area contributed by atoms with Gasteiger partial charge in [-0.2, -0.15) is 0 Å². The van der Waals surface area contributed by atoms with Crippen LogP contribution < -0.4 is 15.4 Å². The number of hydrogen-bond donors (Lipinski definition) is 2. The molecule has 0 aliphatic rings. The van der Waals surface area contributed by atoms with E-state index in [1.165, 1.54) is 12.7 Å². The second-order valence-electron chi connectivity index (χ2n) is 5.92. The van der Waals surface area contributed by atoms with Crippen molar-refractivity contribution in [2.75, 3.05) is 26.7 Å². The molecule has 0 amide bonds. The lowest BCUT2D eigenvalue weighted by Gasteiger charge is -2.15. The van der Waals surface area contributed by atoms with Gasteiger partial charge < -0.3 is 20.1 Å². The minimum atomic E-state index is -0.164. The first-order chi connectivity index (χ1) is 12.0. The standard InChI is InChI=1S/C19H31N3O3.HI/c1-5-20-19(21-12-7-6-11-18(23)24-4)22-14-16(3)25-17-10-8-9-15(2)13-17;/h8-10,13,16H,5-7,11-12,14H2,1-4H3,(H2,20,21,22);1H. The number of halogens is 1. The van der Waals surface area contributed by atoms with E-state index in [0.717, 1.165) is 37.6 Å². The number of guanidine groups is 1. The summed E-state index contributed by atoms with van der Waals surface area (Å²) in [5, 5.41) is 6.49. The molecule has 0 fully saturated rings. The van der Waals surface area contributed by atoms with Crippen molar-refractivity contribution in [2.24, 2.45) is 4.99 Å². The maximum Gasteiger partial charge on any atom is 0.305 e. The third-order valence-electron chi connectivity index (χ3n) is 3.51. The van der Waals surface area contributed by atoms with Gasteiger partial charge in [0.1, 0.15) is 11.9 Å². The second kappa shape index (κ2) is 14.6. The number of rotatable bonds is 10. The first kappa shape index (κ1) is 24.5. The first-order valence-electron chi connectivity index (χ1n) is 8.87. The molecule has 0 saturated carbocycles. The van der Waals surface area contributed by atoms with Crippen molar-refractivity contribution in [3.8, 4) is 5.75 Å². The molecule has 0 saturated heterocycles. The molecule has 0 aliphatic carbocycles. The van der Waals surface area contributed by atoms with E-state index in [1.54, 1.807) is 0 Å². The number of carbonyl (C=O) groups excluding carboxylic acids is 1. The molecule has 148 valence electrons. The van der Waals surface area contributed by atoms with Crippen molar-refractivity contribution in [1.29, 1.82) is 0 Å². The van der Waals surface area contributed by atoms with Gasteiger partial charge in [0.25, 0.3) is 0 Å². The van der Waals surface area contributed by atoms with E-state index in [4.69, 9.17) is 4.74 Å². The molecule has 26 heavy (non-hydrogen) atoms. The molecule has 0 bridgehead atoms. The highest BCUT2D eigenvalue weighted by molar-refractivity contribution is 14.0. The fourth-order valence-corrected chi connectivity index (χ4v) is 2.22. The van der Waals surface area contributed by atoms with Gasteiger partial charge in [0.15, 0.2) is 5.96 Å². The van der Waals surface area contributed by atoms with E-state index in [0.29, 0.717) is 13.0 Å². The molecule has 0 heterocycles. The molecule has 0 spiro atoms. The fourth-order valence-electron chi connectivity index (χ4n) is 2.22. The number of carbonyl (C=O) groups is 1. The number of esters is 1. The van der Waals surface area contributed by atoms with E-state index < -0.39 is 0 Å². The minimum Gasteiger partial charge on any atom is -0.489 e. The van der Waals surface area contributed by atoms with E-state index in [2.05, 4.69) is 20.4 Å². The van der Waals surface area contributed by atoms with Crippen LogP contribution in [-0.4, -0.2) is 44.8 Å². The van der Waals surface area contributed by atoms with Crippen LogP contribution in [0.4, 0.5) is 0 Å². The van der Waals surface area contributed by atoms with Crippen LogP contribution in [0.3, 0.4) is 0 Å². The quantitative estimate of drug-likeness (QED) is 0.178. The monoisotopic (exact) mass is 477 g/mol. The Morgan fingerprint density at radius 2 is 2.04 bits per heavy atom. The van der Waals surface area contributed by atoms with Crippen molar-refractivity contribution < 1.29 is 14.3 Å². The van der Waals surface area contributed by atoms with Gasteiger partial charge >= 0.3 is 5.97 Å². The van der Waals surface area contributed by atoms with Gasteiger partial charge in [-0.15, -0.1) is 24.0 Å². The van der Waals surface area contributed by atoms with Crippen molar-refractivity contribution >= 4 is 35.9 Å². The summed E-state index contributed by atoms with van der Waals surface area (Å²) in [5.41, 5.74) is 1.18. The number of benzene rings is 1. The molecule has 1 atom stereocenters. The van der Waals surface area contributed by atoms with Crippen LogP contribution in [0.2, 0.25) is 0 Å². The van der Waals surface area contributed by atoms with Gasteiger partial charge in [-0.3, -0.25) is 4.79 Å². The molecule has 1 rings (SSSR count). The molecule has 0 aliphatic heterocycles. The summed E-state index contributed by atoms with van der Waals surface area (Å²) in [6.07, 6.45) is 2.12. The Morgan fingerprint density at radius 3 is 2.69 bits per heavy atom. The van der Waals surface area contributed by atoms with Crippen molar-refractivity contribution in [3.63, 3.8) is 0 Å². The highest BCUT2D eigenvalue weighted by Gasteiger charge is 2.05. The summed E-state index contributed by atoms with van der Waals surface area (Å²) in [4.78, 5) is 15.6. The molecular formula is C19H32IN3O3. The number of aliphatic imine (C=N–C) groups is 1. The Kier molecular flexibility index (Phi) is 13.8. The predicted molar refractivity (Wildman–Crippen MR) is 117 cm³/mol. The number of methoxy groups -OCH3 is 1. The molecule has 2 N–H and O–H groups in total. The average molecular weight is 477 g/mol. The summed E-state index contributed by atoms with van der Waals surface area (Å²) in [7, 11) is 1.41. The van der Waals surface area contributed by atoms with Gasteiger partial charge in [0.2, 0.25) is 0 Å². The Balaban J connectivity index is 0.00000625. The van der Waals surface area contributed by atoms with Gasteiger partial charge in [-0.05, 0) is 51.3 Å². The van der Waals surface area contributed by atoms with Crippen LogP contribution in [0.25, 0.3) is 0 Å². The Bertz CT molecular complexity index is 553. The van der Waals surface area contributed by atoms with Crippen LogP contribution in [0.5, 0.6) is 5.75 Å². The van der Waals surface area contributed by atoms with E-state index in [9.17, 15) is 4.79 Å². The number of nitrogens with one attached hydrogen (secondary N) is 2. The highest BCUT2D eigenvalue weighted by Crippen LogP contribution is 2.14. The van der Waals surface area contributed by atoms with Crippen molar-refractivity contribution in [2.45, 2.75) is 46.1 Å². The predicted octanol–water partition coefficient (Wildman–Crippen LogP) is 3.28. The Morgan fingerprint density at radius 1 is 1.27 bits per heavy atom. The number of unbranched alkanes of at least 4 members (excludes halogenated alkanes) is 1. The number of ether oxygens (including phenoxy) is 2. The topological polar surface area (TPSA) is 72.0 Å². The molecule has 1 aromatic carbocycles. The van der Waals surface area contributed by atoms with Crippen molar-refractivity contribution in [1.82, 2.24) is 10.6 Å². The Labute approximate surface area is 174 Å². The number of nitrogens with zero attached hydrogens (tertiary/aromatic N) is 1. The van der Waals surface area contributed by atoms with Gasteiger partial charge in [-0.25, -0.2) is 4.99 Å². The molecule has 7 heteroatoms. The lowest BCUT2D eigenvalue weighted by atomic mass is 10.2. The SMILES string of the molecule is CCNC(=NCC(C)Oc1cccc(C)c1)NCCCCC(=O)OC.I. The van der Waals surface area contributed by atoms with Crippen LogP contribution in [0.15, 0.2) is 29.3 Å². The third kappa shape index (κ3) is 11.2. The minimum absolute atomic E-state index is 0. The lowest BCUT2D eigenvalue weighted by Crippen LogP contribution is -2.38. The average Bonchev–Trinajstić information content (AvgIpc) is 2.59. The largest absolute Gasteiger partial charge is 0.489 e. The fraction of sp³-hybridized carbons (Fsp3) is 0.579. The van der Waals surface area contributed by atoms with Crippen LogP contribution >= 0.6 is 24.0 Å².